The van der Waals surface area contributed by atoms with Gasteiger partial charge in [-0.05, 0) is 13.8 Å². The van der Waals surface area contributed by atoms with Crippen molar-refractivity contribution in [1.29, 1.82) is 0 Å². The van der Waals surface area contributed by atoms with E-state index in [1.807, 2.05) is 6.92 Å². The molecule has 2 rings (SSSR count). The van der Waals surface area contributed by atoms with E-state index in [-0.39, 0.29) is 36.4 Å². The Hall–Kier alpha value is -1.68. The average molecular weight is 501 g/mol. The van der Waals surface area contributed by atoms with Crippen molar-refractivity contribution in [2.75, 3.05) is 33.7 Å². The molecule has 0 spiro atoms. The van der Waals surface area contributed by atoms with E-state index in [2.05, 4.69) is 52.2 Å². The summed E-state index contributed by atoms with van der Waals surface area (Å²) in [5, 5.41) is 9.54. The van der Waals surface area contributed by atoms with Crippen molar-refractivity contribution < 1.29 is 4.79 Å². The molecule has 0 unspecified atom stereocenters. The third-order valence-corrected chi connectivity index (χ3v) is 4.68. The van der Waals surface area contributed by atoms with Crippen LogP contribution in [0.25, 0.3) is 10.6 Å². The van der Waals surface area contributed by atoms with Gasteiger partial charge in [0.2, 0.25) is 5.91 Å². The monoisotopic (exact) mass is 501 g/mol. The Kier molecular flexibility index (Phi) is 10.3. The predicted octanol–water partition coefficient (Wildman–Crippen LogP) is 2.92. The number of hydrogen-bond donors (Lipinski definition) is 2. The van der Waals surface area contributed by atoms with Crippen molar-refractivity contribution >= 4 is 47.2 Å². The Labute approximate surface area is 182 Å². The molecule has 0 saturated heterocycles. The van der Waals surface area contributed by atoms with Crippen LogP contribution in [0.3, 0.4) is 0 Å². The summed E-state index contributed by atoms with van der Waals surface area (Å²) in [4.78, 5) is 22.2. The summed E-state index contributed by atoms with van der Waals surface area (Å²) in [5.74, 6) is 0.626. The van der Waals surface area contributed by atoms with E-state index in [1.165, 1.54) is 10.5 Å². The molecule has 0 fully saturated rings. The highest BCUT2D eigenvalue weighted by Crippen LogP contribution is 2.24. The molecule has 1 aromatic heterocycles. The normalized spacial score (nSPS) is 10.9. The summed E-state index contributed by atoms with van der Waals surface area (Å²) in [5.41, 5.74) is 3.45. The molecule has 0 saturated carbocycles. The van der Waals surface area contributed by atoms with Crippen molar-refractivity contribution in [2.45, 2.75) is 20.3 Å². The fourth-order valence-corrected chi connectivity index (χ4v) is 3.05. The van der Waals surface area contributed by atoms with E-state index in [4.69, 9.17) is 4.98 Å². The number of guanidine groups is 1. The number of hydrogen-bond acceptors (Lipinski definition) is 4. The van der Waals surface area contributed by atoms with Crippen LogP contribution in [0.2, 0.25) is 0 Å². The lowest BCUT2D eigenvalue weighted by molar-refractivity contribution is -0.127. The van der Waals surface area contributed by atoms with Crippen LogP contribution in [0, 0.1) is 6.92 Å². The molecule has 148 valence electrons. The van der Waals surface area contributed by atoms with E-state index in [9.17, 15) is 4.79 Å². The highest BCUT2D eigenvalue weighted by molar-refractivity contribution is 14.0. The Morgan fingerprint density at radius 1 is 1.22 bits per heavy atom. The van der Waals surface area contributed by atoms with Crippen molar-refractivity contribution in [3.63, 3.8) is 0 Å². The second-order valence-electron chi connectivity index (χ2n) is 6.17. The molecule has 0 bridgehead atoms. The number of halogens is 1. The van der Waals surface area contributed by atoms with Gasteiger partial charge in [0.15, 0.2) is 5.96 Å². The van der Waals surface area contributed by atoms with Gasteiger partial charge in [-0.15, -0.1) is 35.3 Å². The van der Waals surface area contributed by atoms with Gasteiger partial charge in [-0.3, -0.25) is 4.79 Å². The molecule has 0 radical (unpaired) electrons. The van der Waals surface area contributed by atoms with Gasteiger partial charge in [0.1, 0.15) is 11.6 Å². The van der Waals surface area contributed by atoms with Gasteiger partial charge in [-0.25, -0.2) is 9.98 Å². The Bertz CT molecular complexity index is 743. The molecule has 1 heterocycles. The van der Waals surface area contributed by atoms with Crippen LogP contribution in [-0.4, -0.2) is 55.5 Å². The summed E-state index contributed by atoms with van der Waals surface area (Å²) < 4.78 is 0. The minimum atomic E-state index is -0.0237. The summed E-state index contributed by atoms with van der Waals surface area (Å²) in [7, 11) is 3.46. The van der Waals surface area contributed by atoms with Gasteiger partial charge in [-0.2, -0.15) is 0 Å². The van der Waals surface area contributed by atoms with Gasteiger partial charge < -0.3 is 15.5 Å². The molecule has 0 aliphatic carbocycles. The largest absolute Gasteiger partial charge is 0.357 e. The number of aliphatic imine (C=N–C) groups is 1. The molecule has 1 aromatic carbocycles. The first-order valence-electron chi connectivity index (χ1n) is 8.73. The molecular formula is C19H28IN5OS. The Balaban J connectivity index is 0.00000364. The number of thiazole rings is 1. The van der Waals surface area contributed by atoms with Crippen LogP contribution in [0.15, 0.2) is 34.6 Å². The molecule has 27 heavy (non-hydrogen) atoms. The molecule has 2 N–H and O–H groups in total. The average Bonchev–Trinajstić information content (AvgIpc) is 3.08. The number of rotatable bonds is 7. The number of nitrogens with one attached hydrogen (secondary N) is 2. The molecular weight excluding hydrogens is 473 g/mol. The second-order valence-corrected chi connectivity index (χ2v) is 7.03. The van der Waals surface area contributed by atoms with Crippen molar-refractivity contribution in [2.24, 2.45) is 4.99 Å². The number of aryl methyl sites for hydroxylation is 1. The number of benzene rings is 1. The summed E-state index contributed by atoms with van der Waals surface area (Å²) >= 11 is 1.66. The highest BCUT2D eigenvalue weighted by Gasteiger charge is 2.06. The van der Waals surface area contributed by atoms with Crippen molar-refractivity contribution in [1.82, 2.24) is 20.5 Å². The van der Waals surface area contributed by atoms with Crippen LogP contribution >= 0.6 is 35.3 Å². The number of likely N-dealkylation sites (N-methyl/N-ethyl adjacent to an activating group) is 1. The highest BCUT2D eigenvalue weighted by atomic mass is 127. The lowest BCUT2D eigenvalue weighted by Crippen LogP contribution is -2.39. The lowest BCUT2D eigenvalue weighted by Gasteiger charge is -2.12. The van der Waals surface area contributed by atoms with Gasteiger partial charge in [0, 0.05) is 44.5 Å². The van der Waals surface area contributed by atoms with Crippen molar-refractivity contribution in [3.05, 3.63) is 40.9 Å². The minimum Gasteiger partial charge on any atom is -0.357 e. The third kappa shape index (κ3) is 7.84. The first-order valence-corrected chi connectivity index (χ1v) is 9.61. The number of aromatic nitrogens is 1. The molecule has 1 amide bonds. The predicted molar refractivity (Wildman–Crippen MR) is 124 cm³/mol. The quantitative estimate of drug-likeness (QED) is 0.348. The number of nitrogens with zero attached hydrogens (tertiary/aromatic N) is 3. The zero-order chi connectivity index (χ0) is 18.9. The van der Waals surface area contributed by atoms with Crippen LogP contribution in [0.5, 0.6) is 0 Å². The third-order valence-electron chi connectivity index (χ3n) is 3.74. The number of carbonyl (C=O) groups is 1. The lowest BCUT2D eigenvalue weighted by atomic mass is 10.2. The maximum absolute atomic E-state index is 11.7. The van der Waals surface area contributed by atoms with E-state index < -0.39 is 0 Å². The Morgan fingerprint density at radius 3 is 2.56 bits per heavy atom. The summed E-state index contributed by atoms with van der Waals surface area (Å²) in [6.07, 6.45) is 0.800. The topological polar surface area (TPSA) is 69.6 Å². The molecule has 8 heteroatoms. The zero-order valence-corrected chi connectivity index (χ0v) is 19.4. The Morgan fingerprint density at radius 2 is 1.93 bits per heavy atom. The standard InChI is InChI=1S/C19H27N5OS.HI/c1-5-20-19(22-12-17(25)24(3)4)21-11-10-16-13-26-18(23-16)15-8-6-14(2)7-9-15;/h6-9,13H,5,10-12H2,1-4H3,(H2,20,21,22);1H. The molecule has 0 aliphatic rings. The minimum absolute atomic E-state index is 0. The maximum atomic E-state index is 11.7. The first-order chi connectivity index (χ1) is 12.5. The smallest absolute Gasteiger partial charge is 0.243 e. The summed E-state index contributed by atoms with van der Waals surface area (Å²) in [6, 6.07) is 8.42. The van der Waals surface area contributed by atoms with Crippen molar-refractivity contribution in [3.8, 4) is 10.6 Å². The SMILES string of the molecule is CCNC(=NCC(=O)N(C)C)NCCc1csc(-c2ccc(C)cc2)n1.I. The fourth-order valence-electron chi connectivity index (χ4n) is 2.19. The van der Waals surface area contributed by atoms with Gasteiger partial charge >= 0.3 is 0 Å². The van der Waals surface area contributed by atoms with Crippen LogP contribution < -0.4 is 10.6 Å². The van der Waals surface area contributed by atoms with Crippen LogP contribution in [0.4, 0.5) is 0 Å². The van der Waals surface area contributed by atoms with Gasteiger partial charge in [0.25, 0.3) is 0 Å². The van der Waals surface area contributed by atoms with Crippen LogP contribution in [-0.2, 0) is 11.2 Å². The van der Waals surface area contributed by atoms with E-state index >= 15 is 0 Å². The van der Waals surface area contributed by atoms with Gasteiger partial charge in [-0.1, -0.05) is 29.8 Å². The first kappa shape index (κ1) is 23.4. The zero-order valence-electron chi connectivity index (χ0n) is 16.3. The van der Waals surface area contributed by atoms with Crippen LogP contribution in [0.1, 0.15) is 18.2 Å². The summed E-state index contributed by atoms with van der Waals surface area (Å²) in [6.45, 7) is 5.67. The van der Waals surface area contributed by atoms with E-state index in [0.717, 1.165) is 29.2 Å². The number of amides is 1. The number of carbonyl (C=O) groups excluding carboxylic acids is 1. The van der Waals surface area contributed by atoms with E-state index in [0.29, 0.717) is 12.5 Å². The van der Waals surface area contributed by atoms with E-state index in [1.54, 1.807) is 25.4 Å². The second kappa shape index (κ2) is 11.9. The van der Waals surface area contributed by atoms with Gasteiger partial charge in [0.05, 0.1) is 5.69 Å². The maximum Gasteiger partial charge on any atom is 0.243 e. The molecule has 0 atom stereocenters. The fraction of sp³-hybridized carbons (Fsp3) is 0.421. The molecule has 2 aromatic rings. The molecule has 0 aliphatic heterocycles. The molecule has 6 nitrogen and oxygen atoms in total.